The molecular weight excluding hydrogens is 216 g/mol. The number of hydrogen-bond acceptors (Lipinski definition) is 3. The molecule has 1 atom stereocenters. The molecule has 1 aromatic rings. The van der Waals surface area contributed by atoms with E-state index in [9.17, 15) is 0 Å². The Labute approximate surface area is 102 Å². The Hall–Kier alpha value is -0.410. The summed E-state index contributed by atoms with van der Waals surface area (Å²) >= 11 is 1.69. The lowest BCUT2D eigenvalue weighted by atomic mass is 9.75. The van der Waals surface area contributed by atoms with E-state index in [1.807, 2.05) is 5.51 Å². The van der Waals surface area contributed by atoms with Gasteiger partial charge in [-0.25, -0.2) is 4.98 Å². The van der Waals surface area contributed by atoms with Crippen molar-refractivity contribution < 1.29 is 0 Å². The van der Waals surface area contributed by atoms with Gasteiger partial charge in [-0.05, 0) is 24.7 Å². The van der Waals surface area contributed by atoms with Crippen molar-refractivity contribution in [3.05, 3.63) is 16.6 Å². The smallest absolute Gasteiger partial charge is 0.0794 e. The summed E-state index contributed by atoms with van der Waals surface area (Å²) < 4.78 is 0. The van der Waals surface area contributed by atoms with Crippen molar-refractivity contribution in [1.82, 2.24) is 10.3 Å². The molecule has 1 fully saturated rings. The molecule has 0 aliphatic heterocycles. The third-order valence-electron chi connectivity index (χ3n) is 3.50. The number of nitrogens with zero attached hydrogens (tertiary/aromatic N) is 1. The highest BCUT2D eigenvalue weighted by Crippen LogP contribution is 2.34. The molecule has 0 radical (unpaired) electrons. The molecule has 90 valence electrons. The molecule has 1 unspecified atom stereocenters. The van der Waals surface area contributed by atoms with Gasteiger partial charge in [0.1, 0.15) is 0 Å². The first-order valence-corrected chi connectivity index (χ1v) is 7.20. The van der Waals surface area contributed by atoms with E-state index < -0.39 is 0 Å². The van der Waals surface area contributed by atoms with E-state index in [1.54, 1.807) is 11.3 Å². The average Bonchev–Trinajstić information content (AvgIpc) is 2.69. The molecule has 1 aliphatic rings. The van der Waals surface area contributed by atoms with Crippen LogP contribution in [0.5, 0.6) is 0 Å². The summed E-state index contributed by atoms with van der Waals surface area (Å²) in [5.41, 5.74) is 3.68. The Kier molecular flexibility index (Phi) is 3.98. The summed E-state index contributed by atoms with van der Waals surface area (Å²) in [6, 6.07) is 0.724. The first-order valence-electron chi connectivity index (χ1n) is 6.26. The van der Waals surface area contributed by atoms with E-state index in [0.717, 1.165) is 19.0 Å². The molecule has 1 saturated carbocycles. The van der Waals surface area contributed by atoms with Crippen LogP contribution < -0.4 is 5.32 Å². The zero-order valence-corrected chi connectivity index (χ0v) is 11.1. The van der Waals surface area contributed by atoms with Crippen LogP contribution >= 0.6 is 11.3 Å². The summed E-state index contributed by atoms with van der Waals surface area (Å²) in [5, 5.41) is 5.83. The van der Waals surface area contributed by atoms with Crippen LogP contribution in [0.25, 0.3) is 0 Å². The minimum Gasteiger partial charge on any atom is -0.314 e. The van der Waals surface area contributed by atoms with Gasteiger partial charge in [0.15, 0.2) is 0 Å². The minimum atomic E-state index is 0.538. The van der Waals surface area contributed by atoms with Crippen molar-refractivity contribution in [2.45, 2.75) is 52.0 Å². The highest BCUT2D eigenvalue weighted by molar-refractivity contribution is 7.07. The summed E-state index contributed by atoms with van der Waals surface area (Å²) in [6.45, 7) is 5.85. The first kappa shape index (κ1) is 12.1. The molecule has 16 heavy (non-hydrogen) atoms. The van der Waals surface area contributed by atoms with Gasteiger partial charge in [-0.15, -0.1) is 11.3 Å². The van der Waals surface area contributed by atoms with Gasteiger partial charge in [0, 0.05) is 24.4 Å². The lowest BCUT2D eigenvalue weighted by Gasteiger charge is -2.35. The van der Waals surface area contributed by atoms with E-state index in [4.69, 9.17) is 0 Å². The van der Waals surface area contributed by atoms with E-state index in [2.05, 4.69) is 29.5 Å². The molecule has 0 amide bonds. The van der Waals surface area contributed by atoms with Crippen LogP contribution in [0.3, 0.4) is 0 Å². The minimum absolute atomic E-state index is 0.538. The second kappa shape index (κ2) is 5.28. The molecule has 0 aromatic carbocycles. The number of nitrogens with one attached hydrogen (secondary N) is 1. The maximum atomic E-state index is 4.31. The topological polar surface area (TPSA) is 24.9 Å². The van der Waals surface area contributed by atoms with Gasteiger partial charge in [-0.1, -0.05) is 20.3 Å². The molecule has 2 rings (SSSR count). The Morgan fingerprint density at radius 3 is 3.12 bits per heavy atom. The van der Waals surface area contributed by atoms with Crippen LogP contribution in [0.2, 0.25) is 0 Å². The van der Waals surface area contributed by atoms with Crippen LogP contribution in [0, 0.1) is 5.41 Å². The lowest BCUT2D eigenvalue weighted by molar-refractivity contribution is 0.199. The first-order chi connectivity index (χ1) is 7.66. The van der Waals surface area contributed by atoms with Crippen LogP contribution in [0.1, 0.15) is 45.2 Å². The number of aromatic nitrogens is 1. The molecule has 2 nitrogen and oxygen atoms in total. The molecule has 0 saturated heterocycles. The van der Waals surface area contributed by atoms with Gasteiger partial charge in [0.05, 0.1) is 11.2 Å². The molecular formula is C13H22N2S. The predicted octanol–water partition coefficient (Wildman–Crippen LogP) is 3.24. The fraction of sp³-hybridized carbons (Fsp3) is 0.769. The van der Waals surface area contributed by atoms with Crippen LogP contribution in [-0.2, 0) is 6.42 Å². The van der Waals surface area contributed by atoms with Crippen molar-refractivity contribution >= 4 is 11.3 Å². The van der Waals surface area contributed by atoms with Crippen LogP contribution in [-0.4, -0.2) is 17.6 Å². The predicted molar refractivity (Wildman–Crippen MR) is 69.9 cm³/mol. The molecule has 0 bridgehead atoms. The van der Waals surface area contributed by atoms with Crippen molar-refractivity contribution in [3.8, 4) is 0 Å². The van der Waals surface area contributed by atoms with Crippen molar-refractivity contribution in [3.63, 3.8) is 0 Å². The molecule has 0 spiro atoms. The normalized spacial score (nSPS) is 24.5. The van der Waals surface area contributed by atoms with E-state index >= 15 is 0 Å². The van der Waals surface area contributed by atoms with Crippen LogP contribution in [0.4, 0.5) is 0 Å². The van der Waals surface area contributed by atoms with Crippen LogP contribution in [0.15, 0.2) is 10.9 Å². The maximum Gasteiger partial charge on any atom is 0.0794 e. The van der Waals surface area contributed by atoms with Gasteiger partial charge < -0.3 is 5.32 Å². The molecule has 1 heterocycles. The fourth-order valence-electron chi connectivity index (χ4n) is 2.64. The Bertz CT molecular complexity index is 306. The van der Waals surface area contributed by atoms with E-state index in [1.165, 1.54) is 31.4 Å². The van der Waals surface area contributed by atoms with Gasteiger partial charge in [-0.3, -0.25) is 0 Å². The third kappa shape index (κ3) is 3.56. The monoisotopic (exact) mass is 238 g/mol. The molecule has 1 N–H and O–H groups in total. The van der Waals surface area contributed by atoms with Gasteiger partial charge in [-0.2, -0.15) is 0 Å². The largest absolute Gasteiger partial charge is 0.314 e. The summed E-state index contributed by atoms with van der Waals surface area (Å²) in [4.78, 5) is 4.31. The molecule has 1 aromatic heterocycles. The second-order valence-electron chi connectivity index (χ2n) is 5.64. The Morgan fingerprint density at radius 1 is 1.56 bits per heavy atom. The van der Waals surface area contributed by atoms with Gasteiger partial charge in [0.2, 0.25) is 0 Å². The van der Waals surface area contributed by atoms with Crippen molar-refractivity contribution in [1.29, 1.82) is 0 Å². The summed E-state index contributed by atoms with van der Waals surface area (Å²) in [5.74, 6) is 0. The van der Waals surface area contributed by atoms with Gasteiger partial charge in [0.25, 0.3) is 0 Å². The quantitative estimate of drug-likeness (QED) is 0.871. The lowest BCUT2D eigenvalue weighted by Crippen LogP contribution is -2.38. The highest BCUT2D eigenvalue weighted by Gasteiger charge is 2.27. The number of rotatable bonds is 4. The number of thiazole rings is 1. The number of hydrogen-bond donors (Lipinski definition) is 1. The molecule has 3 heteroatoms. The molecule has 1 aliphatic carbocycles. The summed E-state index contributed by atoms with van der Waals surface area (Å²) in [6.07, 6.45) is 6.50. The SMILES string of the molecule is CC1(C)CCCC(NCCc2cscn2)C1. The van der Waals surface area contributed by atoms with E-state index in [0.29, 0.717) is 5.41 Å². The Balaban J connectivity index is 1.70. The standard InChI is InChI=1S/C13H22N2S/c1-13(2)6-3-4-11(8-13)14-7-5-12-9-16-10-15-12/h9-11,14H,3-8H2,1-2H3. The highest BCUT2D eigenvalue weighted by atomic mass is 32.1. The zero-order valence-electron chi connectivity index (χ0n) is 10.3. The second-order valence-corrected chi connectivity index (χ2v) is 6.36. The van der Waals surface area contributed by atoms with E-state index in [-0.39, 0.29) is 0 Å². The zero-order chi connectivity index (χ0) is 11.4. The fourth-order valence-corrected chi connectivity index (χ4v) is 3.23. The van der Waals surface area contributed by atoms with Crippen molar-refractivity contribution in [2.75, 3.05) is 6.54 Å². The average molecular weight is 238 g/mol. The van der Waals surface area contributed by atoms with Gasteiger partial charge >= 0.3 is 0 Å². The summed E-state index contributed by atoms with van der Waals surface area (Å²) in [7, 11) is 0. The maximum absolute atomic E-state index is 4.31. The Morgan fingerprint density at radius 2 is 2.44 bits per heavy atom. The third-order valence-corrected chi connectivity index (χ3v) is 4.14. The van der Waals surface area contributed by atoms with Crippen molar-refractivity contribution in [2.24, 2.45) is 5.41 Å².